The number of rotatable bonds is 4. The Morgan fingerprint density at radius 3 is 2.12 bits per heavy atom. The summed E-state index contributed by atoms with van der Waals surface area (Å²) < 4.78 is 13.0. The van der Waals surface area contributed by atoms with Crippen LogP contribution in [0.25, 0.3) is 76.5 Å². The first-order valence-corrected chi connectivity index (χ1v) is 17.5. The van der Waals surface area contributed by atoms with Crippen molar-refractivity contribution in [3.05, 3.63) is 180 Å². The monoisotopic (exact) mass is 667 g/mol. The molecule has 244 valence electrons. The van der Waals surface area contributed by atoms with E-state index in [0.717, 1.165) is 77.5 Å². The fourth-order valence-corrected chi connectivity index (χ4v) is 7.83. The van der Waals surface area contributed by atoms with E-state index in [4.69, 9.17) is 18.8 Å². The van der Waals surface area contributed by atoms with Crippen LogP contribution >= 0.6 is 0 Å². The van der Waals surface area contributed by atoms with E-state index in [1.807, 2.05) is 48.5 Å². The summed E-state index contributed by atoms with van der Waals surface area (Å²) in [4.78, 5) is 10.5. The van der Waals surface area contributed by atoms with Crippen LogP contribution in [0.1, 0.15) is 22.9 Å². The summed E-state index contributed by atoms with van der Waals surface area (Å²) in [5.41, 5.74) is 8.40. The van der Waals surface area contributed by atoms with Gasteiger partial charge >= 0.3 is 0 Å². The molecule has 0 aliphatic carbocycles. The minimum Gasteiger partial charge on any atom is -0.456 e. The van der Waals surface area contributed by atoms with Gasteiger partial charge in [-0.15, -0.1) is 0 Å². The molecule has 10 aromatic rings. The van der Waals surface area contributed by atoms with E-state index in [2.05, 4.69) is 121 Å². The summed E-state index contributed by atoms with van der Waals surface area (Å²) in [6.45, 7) is 0. The van der Waals surface area contributed by atoms with E-state index in [9.17, 15) is 0 Å². The number of nitrogens with zero attached hydrogens (tertiary/aromatic N) is 2. The van der Waals surface area contributed by atoms with Crippen LogP contribution in [-0.2, 0) is 0 Å². The summed E-state index contributed by atoms with van der Waals surface area (Å²) in [6.07, 6.45) is -0.351. The van der Waals surface area contributed by atoms with E-state index in [0.29, 0.717) is 5.84 Å². The molecule has 0 saturated heterocycles. The fraction of sp³-hybridized carbons (Fsp3) is 0.0213. The molecule has 1 N–H and O–H groups in total. The van der Waals surface area contributed by atoms with Crippen molar-refractivity contribution in [2.75, 3.05) is 0 Å². The Hall–Kier alpha value is -6.98. The molecule has 0 bridgehead atoms. The van der Waals surface area contributed by atoms with Crippen molar-refractivity contribution < 1.29 is 8.83 Å². The smallest absolute Gasteiger partial charge is 0.160 e. The first-order valence-electron chi connectivity index (χ1n) is 17.5. The molecule has 5 nitrogen and oxygen atoms in total. The zero-order valence-electron chi connectivity index (χ0n) is 27.9. The fourth-order valence-electron chi connectivity index (χ4n) is 7.83. The summed E-state index contributed by atoms with van der Waals surface area (Å²) >= 11 is 0. The zero-order valence-corrected chi connectivity index (χ0v) is 27.9. The molecule has 52 heavy (non-hydrogen) atoms. The Kier molecular flexibility index (Phi) is 6.25. The number of amidine groups is 2. The third-order valence-electron chi connectivity index (χ3n) is 10.3. The molecule has 0 radical (unpaired) electrons. The van der Waals surface area contributed by atoms with Crippen molar-refractivity contribution in [2.24, 2.45) is 9.98 Å². The summed E-state index contributed by atoms with van der Waals surface area (Å²) in [5.74, 6) is 1.43. The molecule has 11 rings (SSSR count). The molecule has 0 amide bonds. The van der Waals surface area contributed by atoms with E-state index in [-0.39, 0.29) is 6.17 Å². The number of benzene rings is 8. The maximum atomic E-state index is 6.58. The van der Waals surface area contributed by atoms with E-state index < -0.39 is 0 Å². The lowest BCUT2D eigenvalue weighted by Gasteiger charge is -2.24. The van der Waals surface area contributed by atoms with E-state index in [1.165, 1.54) is 21.5 Å². The second-order valence-corrected chi connectivity index (χ2v) is 13.4. The number of furan rings is 2. The van der Waals surface area contributed by atoms with Gasteiger partial charge in [-0.2, -0.15) is 0 Å². The molecule has 1 aliphatic rings. The Morgan fingerprint density at radius 1 is 0.462 bits per heavy atom. The standard InChI is InChI=1S/C47H29N3O2/c1-2-11-30(12-3-1)45-48-46(32-23-22-29-21-20-28-10-4-5-13-33(28)39(29)26-32)50-47(49-45)38-17-9-19-41-43(38)37-25-24-31(27-42(37)51-41)34-15-8-16-36-35-14-6-7-18-40(35)52-44(34)36/h1-27,46H,(H,48,49,50). The third kappa shape index (κ3) is 4.49. The van der Waals surface area contributed by atoms with Gasteiger partial charge in [0.05, 0.1) is 0 Å². The van der Waals surface area contributed by atoms with Gasteiger partial charge in [0, 0.05) is 38.2 Å². The van der Waals surface area contributed by atoms with Gasteiger partial charge in [-0.3, -0.25) is 0 Å². The van der Waals surface area contributed by atoms with Crippen molar-refractivity contribution in [3.8, 4) is 11.1 Å². The average molecular weight is 668 g/mol. The molecule has 8 aromatic carbocycles. The minimum absolute atomic E-state index is 0.351. The number of hydrogen-bond donors (Lipinski definition) is 1. The van der Waals surface area contributed by atoms with Crippen molar-refractivity contribution in [1.82, 2.24) is 5.32 Å². The lowest BCUT2D eigenvalue weighted by Crippen LogP contribution is -2.33. The van der Waals surface area contributed by atoms with Crippen LogP contribution < -0.4 is 5.32 Å². The van der Waals surface area contributed by atoms with Gasteiger partial charge in [0.2, 0.25) is 0 Å². The molecule has 1 aliphatic heterocycles. The van der Waals surface area contributed by atoms with Gasteiger partial charge in [0.15, 0.2) is 5.84 Å². The quantitative estimate of drug-likeness (QED) is 0.190. The molecule has 0 spiro atoms. The summed E-state index contributed by atoms with van der Waals surface area (Å²) in [7, 11) is 0. The molecule has 0 saturated carbocycles. The van der Waals surface area contributed by atoms with Crippen molar-refractivity contribution in [3.63, 3.8) is 0 Å². The normalized spacial score (nSPS) is 14.7. The second-order valence-electron chi connectivity index (χ2n) is 13.4. The lowest BCUT2D eigenvalue weighted by atomic mass is 9.98. The first kappa shape index (κ1) is 28.8. The highest BCUT2D eigenvalue weighted by Crippen LogP contribution is 2.39. The molecule has 0 fully saturated rings. The van der Waals surface area contributed by atoms with E-state index in [1.54, 1.807) is 0 Å². The van der Waals surface area contributed by atoms with Crippen LogP contribution in [0, 0.1) is 0 Å². The zero-order chi connectivity index (χ0) is 34.2. The number of para-hydroxylation sites is 2. The highest BCUT2D eigenvalue weighted by Gasteiger charge is 2.24. The van der Waals surface area contributed by atoms with Crippen LogP contribution in [-0.4, -0.2) is 11.7 Å². The highest BCUT2D eigenvalue weighted by atomic mass is 16.3. The Labute approximate surface area is 298 Å². The predicted molar refractivity (Wildman–Crippen MR) is 213 cm³/mol. The average Bonchev–Trinajstić information content (AvgIpc) is 3.79. The van der Waals surface area contributed by atoms with Crippen LogP contribution in [0.3, 0.4) is 0 Å². The lowest BCUT2D eigenvalue weighted by molar-refractivity contribution is 0.668. The topological polar surface area (TPSA) is 63.0 Å². The number of aliphatic imine (C=N–C) groups is 2. The number of fused-ring (bicyclic) bond motifs is 9. The Balaban J connectivity index is 1.07. The van der Waals surface area contributed by atoms with Crippen molar-refractivity contribution in [2.45, 2.75) is 6.17 Å². The van der Waals surface area contributed by atoms with Gasteiger partial charge in [-0.25, -0.2) is 9.98 Å². The second kappa shape index (κ2) is 11.3. The molecule has 2 aromatic heterocycles. The molecule has 5 heteroatoms. The van der Waals surface area contributed by atoms with Crippen LogP contribution in [0.15, 0.2) is 183 Å². The van der Waals surface area contributed by atoms with Crippen molar-refractivity contribution >= 4 is 77.1 Å². The maximum absolute atomic E-state index is 6.58. The maximum Gasteiger partial charge on any atom is 0.160 e. The number of nitrogens with one attached hydrogen (secondary N) is 1. The van der Waals surface area contributed by atoms with Crippen LogP contribution in [0.4, 0.5) is 0 Å². The predicted octanol–water partition coefficient (Wildman–Crippen LogP) is 12.0. The number of hydrogen-bond acceptors (Lipinski definition) is 5. The summed E-state index contributed by atoms with van der Waals surface area (Å²) in [5, 5.41) is 12.7. The van der Waals surface area contributed by atoms with Gasteiger partial charge in [-0.05, 0) is 63.0 Å². The van der Waals surface area contributed by atoms with Gasteiger partial charge in [0.25, 0.3) is 0 Å². The molecular formula is C47H29N3O2. The minimum atomic E-state index is -0.351. The third-order valence-corrected chi connectivity index (χ3v) is 10.3. The highest BCUT2D eigenvalue weighted by molar-refractivity contribution is 6.22. The molecule has 1 atom stereocenters. The molecular weight excluding hydrogens is 639 g/mol. The Morgan fingerprint density at radius 2 is 1.19 bits per heavy atom. The Bertz CT molecular complexity index is 3110. The van der Waals surface area contributed by atoms with Crippen LogP contribution in [0.2, 0.25) is 0 Å². The summed E-state index contributed by atoms with van der Waals surface area (Å²) in [6, 6.07) is 56.9. The SMILES string of the molecule is c1ccc(C2=NC(c3cccc4oc5cc(-c6cccc7c6oc6ccccc67)ccc5c34)=NC(c3ccc4ccc5ccccc5c4c3)N2)cc1. The van der Waals surface area contributed by atoms with E-state index >= 15 is 0 Å². The van der Waals surface area contributed by atoms with Gasteiger partial charge < -0.3 is 14.2 Å². The molecule has 3 heterocycles. The van der Waals surface area contributed by atoms with Gasteiger partial charge in [-0.1, -0.05) is 133 Å². The van der Waals surface area contributed by atoms with Gasteiger partial charge in [0.1, 0.15) is 34.3 Å². The molecule has 1 unspecified atom stereocenters. The van der Waals surface area contributed by atoms with Crippen LogP contribution in [0.5, 0.6) is 0 Å². The van der Waals surface area contributed by atoms with Crippen molar-refractivity contribution in [1.29, 1.82) is 0 Å². The largest absolute Gasteiger partial charge is 0.456 e. The first-order chi connectivity index (χ1) is 25.7.